The van der Waals surface area contributed by atoms with E-state index < -0.39 is 0 Å². The van der Waals surface area contributed by atoms with Gasteiger partial charge in [-0.25, -0.2) is 4.98 Å². The quantitative estimate of drug-likeness (QED) is 0.708. The van der Waals surface area contributed by atoms with Crippen molar-refractivity contribution in [1.29, 1.82) is 0 Å². The molecule has 0 aliphatic heterocycles. The molecule has 62 valence electrons. The second kappa shape index (κ2) is 2.67. The molecule has 2 heterocycles. The van der Waals surface area contributed by atoms with Gasteiger partial charge in [0.25, 0.3) is 5.56 Å². The Balaban J connectivity index is 2.99. The third-order valence-electron chi connectivity index (χ3n) is 1.58. The zero-order chi connectivity index (χ0) is 8.72. The van der Waals surface area contributed by atoms with Gasteiger partial charge in [-0.05, 0) is 22.0 Å². The Kier molecular flexibility index (Phi) is 1.77. The van der Waals surface area contributed by atoms with Gasteiger partial charge in [0.15, 0.2) is 0 Å². The number of nitrogens with zero attached hydrogens (tertiary/aromatic N) is 2. The highest BCUT2D eigenvalue weighted by Gasteiger charge is 2.04. The molecule has 0 spiro atoms. The van der Waals surface area contributed by atoms with Gasteiger partial charge in [0.1, 0.15) is 4.83 Å². The van der Waals surface area contributed by atoms with Crippen molar-refractivity contribution >= 4 is 37.5 Å². The van der Waals surface area contributed by atoms with Crippen LogP contribution in [0, 0.1) is 0 Å². The van der Waals surface area contributed by atoms with E-state index in [0.717, 1.165) is 8.62 Å². The molecule has 0 atom stereocenters. The fourth-order valence-corrected chi connectivity index (χ4v) is 2.39. The summed E-state index contributed by atoms with van der Waals surface area (Å²) in [6, 6.07) is 1.80. The zero-order valence-corrected chi connectivity index (χ0v) is 8.65. The van der Waals surface area contributed by atoms with E-state index in [1.807, 2.05) is 0 Å². The van der Waals surface area contributed by atoms with Crippen LogP contribution in [0.15, 0.2) is 21.0 Å². The maximum Gasteiger partial charge on any atom is 0.261 e. The fourth-order valence-electron chi connectivity index (χ4n) is 0.983. The Labute approximate surface area is 80.8 Å². The average molecular weight is 245 g/mol. The third-order valence-corrected chi connectivity index (χ3v) is 3.13. The van der Waals surface area contributed by atoms with Crippen molar-refractivity contribution in [3.63, 3.8) is 0 Å². The van der Waals surface area contributed by atoms with E-state index in [9.17, 15) is 4.79 Å². The zero-order valence-electron chi connectivity index (χ0n) is 6.24. The lowest BCUT2D eigenvalue weighted by Crippen LogP contribution is -2.15. The van der Waals surface area contributed by atoms with E-state index in [2.05, 4.69) is 20.9 Å². The Bertz CT molecular complexity index is 488. The van der Waals surface area contributed by atoms with E-state index in [4.69, 9.17) is 0 Å². The first kappa shape index (κ1) is 7.94. The molecule has 2 aromatic heterocycles. The summed E-state index contributed by atoms with van der Waals surface area (Å²) in [5.74, 6) is 0. The number of aromatic nitrogens is 2. The first-order valence-electron chi connectivity index (χ1n) is 3.29. The lowest BCUT2D eigenvalue weighted by Gasteiger charge is -1.93. The molecule has 5 heteroatoms. The molecule has 3 nitrogen and oxygen atoms in total. The maximum atomic E-state index is 11.5. The van der Waals surface area contributed by atoms with Crippen molar-refractivity contribution in [2.75, 3.05) is 0 Å². The number of hydrogen-bond donors (Lipinski definition) is 0. The summed E-state index contributed by atoms with van der Waals surface area (Å²) in [5, 5.41) is 0.678. The largest absolute Gasteiger partial charge is 0.302 e. The van der Waals surface area contributed by atoms with E-state index >= 15 is 0 Å². The first-order valence-corrected chi connectivity index (χ1v) is 4.90. The van der Waals surface area contributed by atoms with Gasteiger partial charge in [-0.1, -0.05) is 0 Å². The number of aryl methyl sites for hydroxylation is 1. The smallest absolute Gasteiger partial charge is 0.261 e. The van der Waals surface area contributed by atoms with Crippen molar-refractivity contribution < 1.29 is 0 Å². The number of halogens is 1. The van der Waals surface area contributed by atoms with Crippen molar-refractivity contribution in [1.82, 2.24) is 9.55 Å². The Morgan fingerprint density at radius 3 is 3.17 bits per heavy atom. The predicted octanol–water partition coefficient (Wildman–Crippen LogP) is 1.76. The summed E-state index contributed by atoms with van der Waals surface area (Å²) in [7, 11) is 1.69. The average Bonchev–Trinajstić information content (AvgIpc) is 2.39. The SMILES string of the molecule is Cn1cnc2sc(Br)cc2c1=O. The first-order chi connectivity index (χ1) is 5.68. The van der Waals surface area contributed by atoms with E-state index in [1.54, 1.807) is 13.1 Å². The molecule has 0 N–H and O–H groups in total. The molecular weight excluding hydrogens is 240 g/mol. The van der Waals surface area contributed by atoms with E-state index in [1.165, 1.54) is 22.2 Å². The third kappa shape index (κ3) is 1.09. The predicted molar refractivity (Wildman–Crippen MR) is 52.6 cm³/mol. The van der Waals surface area contributed by atoms with Crippen LogP contribution in [-0.4, -0.2) is 9.55 Å². The molecular formula is C7H5BrN2OS. The molecule has 12 heavy (non-hydrogen) atoms. The molecule has 0 amide bonds. The molecule has 0 radical (unpaired) electrons. The molecule has 2 aromatic rings. The van der Waals surface area contributed by atoms with Crippen molar-refractivity contribution in [3.8, 4) is 0 Å². The van der Waals surface area contributed by atoms with Crippen LogP contribution < -0.4 is 5.56 Å². The highest BCUT2D eigenvalue weighted by molar-refractivity contribution is 9.11. The number of fused-ring (bicyclic) bond motifs is 1. The molecule has 0 aliphatic rings. The van der Waals surface area contributed by atoms with Crippen LogP contribution in [0.25, 0.3) is 10.2 Å². The molecule has 0 aromatic carbocycles. The number of thiophene rings is 1. The fraction of sp³-hybridized carbons (Fsp3) is 0.143. The van der Waals surface area contributed by atoms with Gasteiger partial charge in [0.05, 0.1) is 15.5 Å². The lowest BCUT2D eigenvalue weighted by atomic mass is 10.4. The number of hydrogen-bond acceptors (Lipinski definition) is 3. The minimum absolute atomic E-state index is 0.00181. The maximum absolute atomic E-state index is 11.5. The van der Waals surface area contributed by atoms with E-state index in [-0.39, 0.29) is 5.56 Å². The van der Waals surface area contributed by atoms with Crippen LogP contribution in [0.1, 0.15) is 0 Å². The van der Waals surface area contributed by atoms with Gasteiger partial charge in [-0.2, -0.15) is 0 Å². The summed E-state index contributed by atoms with van der Waals surface area (Å²) in [5.41, 5.74) is 0.00181. The van der Waals surface area contributed by atoms with Crippen LogP contribution in [0.2, 0.25) is 0 Å². The van der Waals surface area contributed by atoms with Gasteiger partial charge in [0, 0.05) is 7.05 Å². The van der Waals surface area contributed by atoms with Gasteiger partial charge >= 0.3 is 0 Å². The normalized spacial score (nSPS) is 10.8. The standard InChI is InChI=1S/C7H5BrN2OS/c1-10-3-9-6-4(7(10)11)2-5(8)12-6/h2-3H,1H3. The Hall–Kier alpha value is -0.680. The highest BCUT2D eigenvalue weighted by atomic mass is 79.9. The second-order valence-electron chi connectivity index (χ2n) is 2.43. The van der Waals surface area contributed by atoms with Crippen LogP contribution >= 0.6 is 27.3 Å². The molecule has 0 fully saturated rings. The van der Waals surface area contributed by atoms with Crippen molar-refractivity contribution in [3.05, 3.63) is 26.5 Å². The van der Waals surface area contributed by atoms with Gasteiger partial charge in [-0.3, -0.25) is 4.79 Å². The monoisotopic (exact) mass is 244 g/mol. The summed E-state index contributed by atoms with van der Waals surface area (Å²) < 4.78 is 2.41. The summed E-state index contributed by atoms with van der Waals surface area (Å²) in [6.07, 6.45) is 1.54. The molecule has 0 saturated carbocycles. The van der Waals surface area contributed by atoms with Crippen LogP contribution in [0.3, 0.4) is 0 Å². The van der Waals surface area contributed by atoms with Crippen molar-refractivity contribution in [2.24, 2.45) is 7.05 Å². The van der Waals surface area contributed by atoms with Crippen LogP contribution in [0.5, 0.6) is 0 Å². The minimum Gasteiger partial charge on any atom is -0.302 e. The molecule has 0 bridgehead atoms. The Morgan fingerprint density at radius 2 is 2.42 bits per heavy atom. The van der Waals surface area contributed by atoms with Crippen LogP contribution in [0.4, 0.5) is 0 Å². The van der Waals surface area contributed by atoms with Crippen molar-refractivity contribution in [2.45, 2.75) is 0 Å². The van der Waals surface area contributed by atoms with Crippen LogP contribution in [-0.2, 0) is 7.05 Å². The lowest BCUT2D eigenvalue weighted by molar-refractivity contribution is 0.844. The topological polar surface area (TPSA) is 34.9 Å². The molecule has 2 rings (SSSR count). The summed E-state index contributed by atoms with van der Waals surface area (Å²) in [4.78, 5) is 16.3. The van der Waals surface area contributed by atoms with E-state index in [0.29, 0.717) is 5.39 Å². The van der Waals surface area contributed by atoms with Gasteiger partial charge in [0.2, 0.25) is 0 Å². The molecule has 0 aliphatic carbocycles. The molecule has 0 saturated heterocycles. The summed E-state index contributed by atoms with van der Waals surface area (Å²) in [6.45, 7) is 0. The Morgan fingerprint density at radius 1 is 1.67 bits per heavy atom. The second-order valence-corrected chi connectivity index (χ2v) is 4.84. The molecule has 0 unspecified atom stereocenters. The summed E-state index contributed by atoms with van der Waals surface area (Å²) >= 11 is 4.78. The highest BCUT2D eigenvalue weighted by Crippen LogP contribution is 2.25. The number of rotatable bonds is 0. The van der Waals surface area contributed by atoms with Gasteiger partial charge in [-0.15, -0.1) is 11.3 Å². The van der Waals surface area contributed by atoms with Gasteiger partial charge < -0.3 is 4.57 Å². The minimum atomic E-state index is 0.00181.